The van der Waals surface area contributed by atoms with Gasteiger partial charge in [-0.3, -0.25) is 0 Å². The fourth-order valence-corrected chi connectivity index (χ4v) is 1.79. The molecule has 1 heterocycles. The molecule has 16 heavy (non-hydrogen) atoms. The summed E-state index contributed by atoms with van der Waals surface area (Å²) in [5.41, 5.74) is 8.94. The zero-order valence-corrected chi connectivity index (χ0v) is 9.68. The van der Waals surface area contributed by atoms with Crippen LogP contribution in [0.5, 0.6) is 0 Å². The monoisotopic (exact) mass is 235 g/mol. The van der Waals surface area contributed by atoms with E-state index in [2.05, 4.69) is 17.1 Å². The lowest BCUT2D eigenvalue weighted by atomic mass is 10.1. The maximum Gasteiger partial charge on any atom is 0.0669 e. The second-order valence-electron chi connectivity index (χ2n) is 3.57. The molecule has 0 saturated heterocycles. The van der Waals surface area contributed by atoms with Crippen LogP contribution in [0, 0.1) is 11.3 Å². The highest BCUT2D eigenvalue weighted by molar-refractivity contribution is 5.85. The van der Waals surface area contributed by atoms with Crippen LogP contribution in [0.3, 0.4) is 0 Å². The van der Waals surface area contributed by atoms with Gasteiger partial charge in [0.25, 0.3) is 0 Å². The average molecular weight is 236 g/mol. The van der Waals surface area contributed by atoms with Crippen LogP contribution in [0.2, 0.25) is 0 Å². The molecule has 3 N–H and O–H groups in total. The first-order valence-corrected chi connectivity index (χ1v) is 5.01. The fraction of sp³-hybridized carbons (Fsp3) is 0.250. The maximum atomic E-state index is 8.64. The first-order valence-electron chi connectivity index (χ1n) is 5.01. The Kier molecular flexibility index (Phi) is 4.36. The van der Waals surface area contributed by atoms with Gasteiger partial charge in [-0.15, -0.1) is 12.4 Å². The first-order chi connectivity index (χ1) is 7.35. The third-order valence-electron chi connectivity index (χ3n) is 2.53. The van der Waals surface area contributed by atoms with Gasteiger partial charge >= 0.3 is 0 Å². The zero-order chi connectivity index (χ0) is 10.7. The van der Waals surface area contributed by atoms with Crippen LogP contribution in [0.15, 0.2) is 24.4 Å². The molecule has 0 aliphatic heterocycles. The molecule has 0 radical (unpaired) electrons. The molecule has 2 aromatic rings. The number of nitrogens with one attached hydrogen (secondary N) is 1. The smallest absolute Gasteiger partial charge is 0.0669 e. The van der Waals surface area contributed by atoms with Crippen LogP contribution in [0.25, 0.3) is 10.9 Å². The molecular weight excluding hydrogens is 222 g/mol. The summed E-state index contributed by atoms with van der Waals surface area (Å²) in [4.78, 5) is 3.20. The van der Waals surface area contributed by atoms with E-state index in [1.807, 2.05) is 18.3 Å². The lowest BCUT2D eigenvalue weighted by molar-refractivity contribution is 0.976. The summed E-state index contributed by atoms with van der Waals surface area (Å²) in [5, 5.41) is 9.83. The molecule has 0 spiro atoms. The average Bonchev–Trinajstić information content (AvgIpc) is 2.63. The molecule has 1 aromatic carbocycles. The summed E-state index contributed by atoms with van der Waals surface area (Å²) in [6, 6.07) is 8.22. The van der Waals surface area contributed by atoms with Gasteiger partial charge in [0.15, 0.2) is 0 Å². The van der Waals surface area contributed by atoms with E-state index in [4.69, 9.17) is 11.0 Å². The van der Waals surface area contributed by atoms with Crippen molar-refractivity contribution in [1.29, 1.82) is 5.26 Å². The normalized spacial score (nSPS) is 9.75. The van der Waals surface area contributed by atoms with Gasteiger partial charge in [-0.05, 0) is 36.2 Å². The largest absolute Gasteiger partial charge is 0.361 e. The molecule has 0 fully saturated rings. The first kappa shape index (κ1) is 12.6. The van der Waals surface area contributed by atoms with Gasteiger partial charge in [0.2, 0.25) is 0 Å². The number of aromatic amines is 1. The molecular formula is C12H14ClN3. The van der Waals surface area contributed by atoms with Crippen molar-refractivity contribution in [2.24, 2.45) is 5.73 Å². The van der Waals surface area contributed by atoms with Gasteiger partial charge in [-0.1, -0.05) is 6.07 Å². The molecule has 0 aliphatic carbocycles. The Labute approximate surface area is 101 Å². The topological polar surface area (TPSA) is 65.6 Å². The summed E-state index contributed by atoms with van der Waals surface area (Å²) < 4.78 is 0. The van der Waals surface area contributed by atoms with Crippen molar-refractivity contribution >= 4 is 23.3 Å². The van der Waals surface area contributed by atoms with E-state index in [1.54, 1.807) is 0 Å². The fourth-order valence-electron chi connectivity index (χ4n) is 1.79. The Morgan fingerprint density at radius 3 is 2.88 bits per heavy atom. The van der Waals surface area contributed by atoms with Gasteiger partial charge in [-0.2, -0.15) is 5.26 Å². The zero-order valence-electron chi connectivity index (χ0n) is 8.86. The van der Waals surface area contributed by atoms with Gasteiger partial charge < -0.3 is 10.7 Å². The number of nitriles is 1. The van der Waals surface area contributed by atoms with E-state index in [1.165, 1.54) is 10.9 Å². The highest BCUT2D eigenvalue weighted by Gasteiger charge is 2.03. The molecule has 3 nitrogen and oxygen atoms in total. The minimum Gasteiger partial charge on any atom is -0.361 e. The molecule has 0 amide bonds. The number of H-pyrrole nitrogens is 1. The second kappa shape index (κ2) is 5.55. The number of hydrogen-bond donors (Lipinski definition) is 2. The van der Waals surface area contributed by atoms with Gasteiger partial charge in [0.05, 0.1) is 12.5 Å². The van der Waals surface area contributed by atoms with Crippen LogP contribution in [0.1, 0.15) is 11.1 Å². The van der Waals surface area contributed by atoms with E-state index in [0.717, 1.165) is 17.5 Å². The molecule has 2 rings (SSSR count). The van der Waals surface area contributed by atoms with Gasteiger partial charge in [-0.25, -0.2) is 0 Å². The molecule has 1 aromatic heterocycles. The van der Waals surface area contributed by atoms with Crippen LogP contribution in [-0.2, 0) is 12.8 Å². The Morgan fingerprint density at radius 1 is 1.38 bits per heavy atom. The van der Waals surface area contributed by atoms with E-state index in [-0.39, 0.29) is 12.4 Å². The van der Waals surface area contributed by atoms with Crippen LogP contribution in [-0.4, -0.2) is 11.5 Å². The summed E-state index contributed by atoms with van der Waals surface area (Å²) in [5.74, 6) is 0. The van der Waals surface area contributed by atoms with E-state index in [9.17, 15) is 0 Å². The number of rotatable bonds is 3. The van der Waals surface area contributed by atoms with Gasteiger partial charge in [0.1, 0.15) is 0 Å². The summed E-state index contributed by atoms with van der Waals surface area (Å²) in [6.45, 7) is 0.648. The van der Waals surface area contributed by atoms with Crippen molar-refractivity contribution in [1.82, 2.24) is 4.98 Å². The Morgan fingerprint density at radius 2 is 2.19 bits per heavy atom. The molecule has 0 unspecified atom stereocenters. The van der Waals surface area contributed by atoms with Crippen LogP contribution >= 0.6 is 12.4 Å². The predicted octanol–water partition coefficient (Wildman–Crippen LogP) is 2.16. The van der Waals surface area contributed by atoms with E-state index < -0.39 is 0 Å². The Balaban J connectivity index is 0.00000128. The highest BCUT2D eigenvalue weighted by Crippen LogP contribution is 2.20. The number of halogens is 1. The Bertz CT molecular complexity index is 510. The molecule has 0 bridgehead atoms. The number of nitrogens with two attached hydrogens (primary N) is 1. The highest BCUT2D eigenvalue weighted by atomic mass is 35.5. The lowest BCUT2D eigenvalue weighted by Gasteiger charge is -1.98. The lowest BCUT2D eigenvalue weighted by Crippen LogP contribution is -2.01. The van der Waals surface area contributed by atoms with Crippen LogP contribution in [0.4, 0.5) is 0 Å². The SMILES string of the molecule is Cl.N#CCc1ccc2[nH]cc(CCN)c2c1. The molecule has 0 saturated carbocycles. The molecule has 4 heteroatoms. The number of benzene rings is 1. The van der Waals surface area contributed by atoms with Crippen molar-refractivity contribution in [2.75, 3.05) is 6.54 Å². The van der Waals surface area contributed by atoms with Gasteiger partial charge in [0, 0.05) is 17.1 Å². The number of nitrogens with zero attached hydrogens (tertiary/aromatic N) is 1. The van der Waals surface area contributed by atoms with Crippen molar-refractivity contribution in [3.8, 4) is 6.07 Å². The van der Waals surface area contributed by atoms with Crippen molar-refractivity contribution < 1.29 is 0 Å². The van der Waals surface area contributed by atoms with Crippen molar-refractivity contribution in [2.45, 2.75) is 12.8 Å². The predicted molar refractivity (Wildman–Crippen MR) is 67.6 cm³/mol. The van der Waals surface area contributed by atoms with Crippen LogP contribution < -0.4 is 5.73 Å². The molecule has 0 aliphatic rings. The van der Waals surface area contributed by atoms with E-state index >= 15 is 0 Å². The summed E-state index contributed by atoms with van der Waals surface area (Å²) >= 11 is 0. The third kappa shape index (κ3) is 2.35. The summed E-state index contributed by atoms with van der Waals surface area (Å²) in [7, 11) is 0. The maximum absolute atomic E-state index is 8.64. The standard InChI is InChI=1S/C12H13N3.ClH/c13-5-3-9-1-2-12-11(7-9)10(4-6-14)8-15-12;/h1-2,7-8,15H,3-4,6,14H2;1H. The van der Waals surface area contributed by atoms with E-state index in [0.29, 0.717) is 13.0 Å². The minimum atomic E-state index is 0. The minimum absolute atomic E-state index is 0. The second-order valence-corrected chi connectivity index (χ2v) is 3.57. The number of fused-ring (bicyclic) bond motifs is 1. The molecule has 0 atom stereocenters. The summed E-state index contributed by atoms with van der Waals surface area (Å²) in [6.07, 6.45) is 3.33. The number of aromatic nitrogens is 1. The van der Waals surface area contributed by atoms with Crippen molar-refractivity contribution in [3.63, 3.8) is 0 Å². The third-order valence-corrected chi connectivity index (χ3v) is 2.53. The molecule has 84 valence electrons. The number of hydrogen-bond acceptors (Lipinski definition) is 2. The Hall–Kier alpha value is -1.50. The van der Waals surface area contributed by atoms with Crippen molar-refractivity contribution in [3.05, 3.63) is 35.5 Å². The quantitative estimate of drug-likeness (QED) is 0.856.